The highest BCUT2D eigenvalue weighted by atomic mass is 16.2. The van der Waals surface area contributed by atoms with Crippen LogP contribution in [-0.2, 0) is 16.1 Å². The first-order valence-corrected chi connectivity index (χ1v) is 9.57. The van der Waals surface area contributed by atoms with Crippen molar-refractivity contribution < 1.29 is 9.59 Å². The number of nitrogens with one attached hydrogen (secondary N) is 1. The summed E-state index contributed by atoms with van der Waals surface area (Å²) in [5.41, 5.74) is 2.52. The Morgan fingerprint density at radius 3 is 2.50 bits per heavy atom. The van der Waals surface area contributed by atoms with Gasteiger partial charge in [-0.2, -0.15) is 0 Å². The molecule has 0 saturated carbocycles. The minimum atomic E-state index is -0.290. The minimum absolute atomic E-state index is 0.0127. The quantitative estimate of drug-likeness (QED) is 0.682. The highest BCUT2D eigenvalue weighted by Crippen LogP contribution is 2.22. The average molecular weight is 378 g/mol. The van der Waals surface area contributed by atoms with Crippen LogP contribution in [0.1, 0.15) is 38.6 Å². The van der Waals surface area contributed by atoms with E-state index in [4.69, 9.17) is 0 Å². The molecule has 1 aromatic heterocycles. The fourth-order valence-corrected chi connectivity index (χ4v) is 3.23. The summed E-state index contributed by atoms with van der Waals surface area (Å²) in [7, 11) is 1.77. The third kappa shape index (κ3) is 4.22. The number of para-hydroxylation sites is 3. The van der Waals surface area contributed by atoms with E-state index in [1.165, 1.54) is 0 Å². The lowest BCUT2D eigenvalue weighted by molar-refractivity contribution is -0.121. The smallest absolute Gasteiger partial charge is 0.246 e. The van der Waals surface area contributed by atoms with E-state index in [1.807, 2.05) is 73.0 Å². The van der Waals surface area contributed by atoms with E-state index >= 15 is 0 Å². The third-order valence-corrected chi connectivity index (χ3v) is 4.74. The Labute approximate surface area is 165 Å². The van der Waals surface area contributed by atoms with Gasteiger partial charge in [-0.25, -0.2) is 4.98 Å². The molecule has 146 valence electrons. The predicted octanol–water partition coefficient (Wildman–Crippen LogP) is 3.68. The number of anilines is 1. The van der Waals surface area contributed by atoms with Gasteiger partial charge in [0.2, 0.25) is 11.8 Å². The molecular weight excluding hydrogens is 352 g/mol. The van der Waals surface area contributed by atoms with Gasteiger partial charge in [0.15, 0.2) is 0 Å². The average Bonchev–Trinajstić information content (AvgIpc) is 3.07. The van der Waals surface area contributed by atoms with Crippen molar-refractivity contribution in [2.24, 2.45) is 0 Å². The van der Waals surface area contributed by atoms with E-state index in [9.17, 15) is 9.59 Å². The standard InChI is InChI=1S/C22H26N4O2/c1-4-10-20(27)23-16(2)22-24-18-13-8-9-14-19(18)26(22)15-21(28)25(3)17-11-6-5-7-12-17/h5-9,11-14,16H,4,10,15H2,1-3H3,(H,23,27). The van der Waals surface area contributed by atoms with E-state index in [0.29, 0.717) is 12.2 Å². The summed E-state index contributed by atoms with van der Waals surface area (Å²) in [4.78, 5) is 31.3. The zero-order valence-corrected chi connectivity index (χ0v) is 16.6. The van der Waals surface area contributed by atoms with Crippen LogP contribution in [0.15, 0.2) is 54.6 Å². The van der Waals surface area contributed by atoms with E-state index < -0.39 is 0 Å². The molecule has 1 heterocycles. The van der Waals surface area contributed by atoms with Crippen molar-refractivity contribution in [3.8, 4) is 0 Å². The minimum Gasteiger partial charge on any atom is -0.346 e. The summed E-state index contributed by atoms with van der Waals surface area (Å²) in [6.45, 7) is 4.02. The number of amides is 2. The van der Waals surface area contributed by atoms with Crippen LogP contribution in [0.4, 0.5) is 5.69 Å². The molecule has 6 heteroatoms. The lowest BCUT2D eigenvalue weighted by atomic mass is 10.2. The number of likely N-dealkylation sites (N-methyl/N-ethyl adjacent to an activating group) is 1. The Hall–Kier alpha value is -3.15. The van der Waals surface area contributed by atoms with Gasteiger partial charge >= 0.3 is 0 Å². The molecule has 3 aromatic rings. The van der Waals surface area contributed by atoms with Gasteiger partial charge in [0, 0.05) is 19.2 Å². The van der Waals surface area contributed by atoms with Crippen LogP contribution in [0.3, 0.4) is 0 Å². The predicted molar refractivity (Wildman–Crippen MR) is 111 cm³/mol. The lowest BCUT2D eigenvalue weighted by Gasteiger charge is -2.20. The first kappa shape index (κ1) is 19.6. The molecule has 0 saturated heterocycles. The number of rotatable bonds is 7. The molecule has 2 amide bonds. The monoisotopic (exact) mass is 378 g/mol. The number of benzene rings is 2. The van der Waals surface area contributed by atoms with Crippen molar-refractivity contribution >= 4 is 28.5 Å². The molecule has 0 bridgehead atoms. The Morgan fingerprint density at radius 1 is 1.11 bits per heavy atom. The molecule has 6 nitrogen and oxygen atoms in total. The van der Waals surface area contributed by atoms with Crippen LogP contribution in [0.25, 0.3) is 11.0 Å². The molecule has 3 rings (SSSR count). The molecule has 0 spiro atoms. The van der Waals surface area contributed by atoms with E-state index in [2.05, 4.69) is 10.3 Å². The van der Waals surface area contributed by atoms with Crippen LogP contribution in [0.2, 0.25) is 0 Å². The zero-order chi connectivity index (χ0) is 20.1. The molecule has 0 aliphatic heterocycles. The number of aromatic nitrogens is 2. The van der Waals surface area contributed by atoms with Gasteiger partial charge in [-0.3, -0.25) is 9.59 Å². The first-order valence-electron chi connectivity index (χ1n) is 9.57. The number of hydrogen-bond donors (Lipinski definition) is 1. The number of imidazole rings is 1. The first-order chi connectivity index (χ1) is 13.5. The zero-order valence-electron chi connectivity index (χ0n) is 16.6. The Kier molecular flexibility index (Phi) is 6.09. The summed E-state index contributed by atoms with van der Waals surface area (Å²) in [5.74, 6) is 0.615. The summed E-state index contributed by atoms with van der Waals surface area (Å²) in [5, 5.41) is 2.99. The summed E-state index contributed by atoms with van der Waals surface area (Å²) in [6.07, 6.45) is 1.26. The van der Waals surface area contributed by atoms with E-state index in [0.717, 1.165) is 23.1 Å². The molecule has 0 fully saturated rings. The molecular formula is C22H26N4O2. The lowest BCUT2D eigenvalue weighted by Crippen LogP contribution is -2.33. The van der Waals surface area contributed by atoms with Crippen LogP contribution >= 0.6 is 0 Å². The van der Waals surface area contributed by atoms with Gasteiger partial charge in [-0.05, 0) is 37.6 Å². The van der Waals surface area contributed by atoms with Gasteiger partial charge in [0.25, 0.3) is 0 Å². The molecule has 0 aliphatic rings. The second-order valence-electron chi connectivity index (χ2n) is 6.87. The maximum Gasteiger partial charge on any atom is 0.246 e. The van der Waals surface area contributed by atoms with Crippen molar-refractivity contribution in [1.82, 2.24) is 14.9 Å². The van der Waals surface area contributed by atoms with Crippen LogP contribution in [-0.4, -0.2) is 28.4 Å². The highest BCUT2D eigenvalue weighted by molar-refractivity contribution is 5.93. The fourth-order valence-electron chi connectivity index (χ4n) is 3.23. The van der Waals surface area contributed by atoms with Gasteiger partial charge in [0.05, 0.1) is 17.1 Å². The third-order valence-electron chi connectivity index (χ3n) is 4.74. The normalized spacial score (nSPS) is 12.0. The Morgan fingerprint density at radius 2 is 1.79 bits per heavy atom. The van der Waals surface area contributed by atoms with E-state index in [-0.39, 0.29) is 24.4 Å². The fraction of sp³-hybridized carbons (Fsp3) is 0.318. The van der Waals surface area contributed by atoms with Gasteiger partial charge in [-0.15, -0.1) is 0 Å². The second-order valence-corrected chi connectivity index (χ2v) is 6.87. The van der Waals surface area contributed by atoms with Gasteiger partial charge in [-0.1, -0.05) is 37.3 Å². The number of hydrogen-bond acceptors (Lipinski definition) is 3. The van der Waals surface area contributed by atoms with Crippen LogP contribution in [0.5, 0.6) is 0 Å². The van der Waals surface area contributed by atoms with Gasteiger partial charge in [0.1, 0.15) is 12.4 Å². The molecule has 1 atom stereocenters. The molecule has 1 N–H and O–H groups in total. The summed E-state index contributed by atoms with van der Waals surface area (Å²) in [6, 6.07) is 17.0. The van der Waals surface area contributed by atoms with Crippen molar-refractivity contribution in [3.05, 3.63) is 60.4 Å². The van der Waals surface area contributed by atoms with Crippen LogP contribution < -0.4 is 10.2 Å². The van der Waals surface area contributed by atoms with Gasteiger partial charge < -0.3 is 14.8 Å². The summed E-state index contributed by atoms with van der Waals surface area (Å²) >= 11 is 0. The number of carbonyl (C=O) groups is 2. The molecule has 0 aliphatic carbocycles. The van der Waals surface area contributed by atoms with Crippen molar-refractivity contribution in [2.45, 2.75) is 39.3 Å². The van der Waals surface area contributed by atoms with Crippen molar-refractivity contribution in [2.75, 3.05) is 11.9 Å². The second kappa shape index (κ2) is 8.69. The largest absolute Gasteiger partial charge is 0.346 e. The highest BCUT2D eigenvalue weighted by Gasteiger charge is 2.21. The molecule has 2 aromatic carbocycles. The molecule has 0 radical (unpaired) electrons. The Balaban J connectivity index is 1.90. The molecule has 28 heavy (non-hydrogen) atoms. The molecule has 1 unspecified atom stereocenters. The van der Waals surface area contributed by atoms with E-state index in [1.54, 1.807) is 11.9 Å². The maximum atomic E-state index is 12.9. The van der Waals surface area contributed by atoms with Crippen LogP contribution in [0, 0.1) is 0 Å². The number of nitrogens with zero attached hydrogens (tertiary/aromatic N) is 3. The number of fused-ring (bicyclic) bond motifs is 1. The maximum absolute atomic E-state index is 12.9. The SMILES string of the molecule is CCCC(=O)NC(C)c1nc2ccccc2n1CC(=O)N(C)c1ccccc1. The topological polar surface area (TPSA) is 67.2 Å². The number of carbonyl (C=O) groups excluding carboxylic acids is 2. The van der Waals surface area contributed by atoms with Crippen molar-refractivity contribution in [1.29, 1.82) is 0 Å². The van der Waals surface area contributed by atoms with Crippen molar-refractivity contribution in [3.63, 3.8) is 0 Å². The Bertz CT molecular complexity index is 965. The summed E-state index contributed by atoms with van der Waals surface area (Å²) < 4.78 is 1.90.